The normalized spacial score (nSPS) is 11.3. The maximum absolute atomic E-state index is 12.9. The van der Waals surface area contributed by atoms with E-state index in [2.05, 4.69) is 26.0 Å². The quantitative estimate of drug-likeness (QED) is 0.320. The van der Waals surface area contributed by atoms with Crippen LogP contribution in [-0.4, -0.2) is 27.9 Å². The topological polar surface area (TPSA) is 99.6 Å². The van der Waals surface area contributed by atoms with Crippen molar-refractivity contribution in [3.05, 3.63) is 71.7 Å². The summed E-state index contributed by atoms with van der Waals surface area (Å²) in [7, 11) is 1.30. The number of methoxy groups -OCH3 is 1. The molecule has 1 heterocycles. The van der Waals surface area contributed by atoms with Crippen LogP contribution in [0.1, 0.15) is 18.3 Å². The first-order valence-corrected chi connectivity index (χ1v) is 9.30. The summed E-state index contributed by atoms with van der Waals surface area (Å²) in [5.74, 6) is 0.428. The van der Waals surface area contributed by atoms with Crippen LogP contribution in [0.4, 0.5) is 5.69 Å². The third-order valence-electron chi connectivity index (χ3n) is 3.96. The van der Waals surface area contributed by atoms with Gasteiger partial charge in [-0.25, -0.2) is 4.98 Å². The van der Waals surface area contributed by atoms with E-state index < -0.39 is 4.92 Å². The van der Waals surface area contributed by atoms with Crippen LogP contribution < -0.4 is 10.3 Å². The molecule has 8 nitrogen and oxygen atoms in total. The Kier molecular flexibility index (Phi) is 5.76. The van der Waals surface area contributed by atoms with Gasteiger partial charge in [0.25, 0.3) is 5.56 Å². The van der Waals surface area contributed by atoms with Crippen LogP contribution in [-0.2, 0) is 6.42 Å². The lowest BCUT2D eigenvalue weighted by Crippen LogP contribution is -2.22. The first-order chi connectivity index (χ1) is 13.3. The van der Waals surface area contributed by atoms with Gasteiger partial charge in [0.1, 0.15) is 5.82 Å². The van der Waals surface area contributed by atoms with E-state index in [0.717, 1.165) is 4.47 Å². The average Bonchev–Trinajstić information content (AvgIpc) is 2.67. The molecule has 0 saturated carbocycles. The Labute approximate surface area is 172 Å². The van der Waals surface area contributed by atoms with Gasteiger partial charge < -0.3 is 4.74 Å². The van der Waals surface area contributed by atoms with Crippen molar-refractivity contribution in [3.8, 4) is 5.75 Å². The zero-order chi connectivity index (χ0) is 20.4. The Morgan fingerprint density at radius 2 is 2.14 bits per heavy atom. The van der Waals surface area contributed by atoms with Gasteiger partial charge in [-0.15, -0.1) is 0 Å². The summed E-state index contributed by atoms with van der Waals surface area (Å²) in [4.78, 5) is 28.0. The number of nitrogens with zero attached hydrogens (tertiary/aromatic N) is 4. The molecule has 0 saturated heterocycles. The van der Waals surface area contributed by atoms with E-state index in [1.54, 1.807) is 18.2 Å². The number of benzene rings is 2. The monoisotopic (exact) mass is 464 g/mol. The summed E-state index contributed by atoms with van der Waals surface area (Å²) in [6, 6.07) is 7.97. The summed E-state index contributed by atoms with van der Waals surface area (Å²) < 4.78 is 6.91. The minimum absolute atomic E-state index is 0.0348. The average molecular weight is 466 g/mol. The molecule has 3 aromatic rings. The van der Waals surface area contributed by atoms with Crippen LogP contribution in [0.3, 0.4) is 0 Å². The van der Waals surface area contributed by atoms with E-state index in [4.69, 9.17) is 16.3 Å². The van der Waals surface area contributed by atoms with Crippen LogP contribution in [0, 0.1) is 10.1 Å². The van der Waals surface area contributed by atoms with E-state index in [1.165, 1.54) is 30.1 Å². The summed E-state index contributed by atoms with van der Waals surface area (Å²) in [6.07, 6.45) is 1.80. The molecule has 0 bridgehead atoms. The number of nitro benzene ring substituents is 1. The predicted molar refractivity (Wildman–Crippen MR) is 111 cm³/mol. The highest BCUT2D eigenvalue weighted by Crippen LogP contribution is 2.35. The van der Waals surface area contributed by atoms with Crippen molar-refractivity contribution in [2.45, 2.75) is 13.3 Å². The van der Waals surface area contributed by atoms with E-state index in [1.807, 2.05) is 6.92 Å². The van der Waals surface area contributed by atoms with Gasteiger partial charge in [0, 0.05) is 22.5 Å². The van der Waals surface area contributed by atoms with Crippen molar-refractivity contribution in [2.75, 3.05) is 7.11 Å². The van der Waals surface area contributed by atoms with Crippen molar-refractivity contribution < 1.29 is 9.66 Å². The highest BCUT2D eigenvalue weighted by molar-refractivity contribution is 9.10. The lowest BCUT2D eigenvalue weighted by Gasteiger charge is -2.08. The molecule has 0 aliphatic carbocycles. The van der Waals surface area contributed by atoms with Gasteiger partial charge >= 0.3 is 5.69 Å². The van der Waals surface area contributed by atoms with E-state index in [9.17, 15) is 14.9 Å². The summed E-state index contributed by atoms with van der Waals surface area (Å²) in [5.41, 5.74) is 0.286. The summed E-state index contributed by atoms with van der Waals surface area (Å²) in [6.45, 7) is 1.85. The maximum atomic E-state index is 12.9. The third-order valence-corrected chi connectivity index (χ3v) is 4.74. The molecule has 2 aromatic carbocycles. The maximum Gasteiger partial charge on any atom is 0.313 e. The van der Waals surface area contributed by atoms with Crippen LogP contribution >= 0.6 is 27.5 Å². The fourth-order valence-electron chi connectivity index (χ4n) is 2.68. The second-order valence-electron chi connectivity index (χ2n) is 5.72. The van der Waals surface area contributed by atoms with Crippen LogP contribution in [0.5, 0.6) is 5.75 Å². The van der Waals surface area contributed by atoms with Gasteiger partial charge in [0.05, 0.1) is 34.2 Å². The number of nitro groups is 1. The molecule has 0 aliphatic rings. The fraction of sp³-hybridized carbons (Fsp3) is 0.167. The van der Waals surface area contributed by atoms with Crippen LogP contribution in [0.15, 0.2) is 44.7 Å². The minimum atomic E-state index is -0.596. The summed E-state index contributed by atoms with van der Waals surface area (Å²) in [5, 5.41) is 15.9. The first kappa shape index (κ1) is 20.0. The van der Waals surface area contributed by atoms with Crippen molar-refractivity contribution in [3.63, 3.8) is 0 Å². The van der Waals surface area contributed by atoms with E-state index in [-0.39, 0.29) is 22.0 Å². The molecule has 28 heavy (non-hydrogen) atoms. The fourth-order valence-corrected chi connectivity index (χ4v) is 3.34. The number of aromatic nitrogens is 2. The number of hydrogen-bond acceptors (Lipinski definition) is 6. The predicted octanol–water partition coefficient (Wildman–Crippen LogP) is 4.17. The molecule has 0 aliphatic heterocycles. The Bertz CT molecular complexity index is 1180. The number of ether oxygens (including phenoxy) is 1. The van der Waals surface area contributed by atoms with Crippen molar-refractivity contribution in [2.24, 2.45) is 5.10 Å². The molecule has 0 spiro atoms. The highest BCUT2D eigenvalue weighted by atomic mass is 79.9. The van der Waals surface area contributed by atoms with Crippen molar-refractivity contribution in [1.82, 2.24) is 9.66 Å². The molecule has 10 heteroatoms. The van der Waals surface area contributed by atoms with E-state index in [0.29, 0.717) is 28.7 Å². The van der Waals surface area contributed by atoms with Gasteiger partial charge in [-0.1, -0.05) is 34.5 Å². The van der Waals surface area contributed by atoms with E-state index >= 15 is 0 Å². The highest BCUT2D eigenvalue weighted by Gasteiger charge is 2.19. The molecule has 3 rings (SSSR count). The molecular weight excluding hydrogens is 452 g/mol. The van der Waals surface area contributed by atoms with Crippen molar-refractivity contribution in [1.29, 1.82) is 0 Å². The number of fused-ring (bicyclic) bond motifs is 1. The zero-order valence-corrected chi connectivity index (χ0v) is 17.2. The van der Waals surface area contributed by atoms with Gasteiger partial charge in [-0.2, -0.15) is 9.78 Å². The first-order valence-electron chi connectivity index (χ1n) is 8.13. The lowest BCUT2D eigenvalue weighted by molar-refractivity contribution is -0.385. The van der Waals surface area contributed by atoms with Crippen molar-refractivity contribution >= 4 is 50.3 Å². The molecule has 0 N–H and O–H groups in total. The number of hydrogen-bond donors (Lipinski definition) is 0. The van der Waals surface area contributed by atoms with Gasteiger partial charge in [0.15, 0.2) is 0 Å². The molecule has 144 valence electrons. The molecule has 0 amide bonds. The second kappa shape index (κ2) is 8.07. The second-order valence-corrected chi connectivity index (χ2v) is 7.04. The number of rotatable bonds is 5. The Hall–Kier alpha value is -2.78. The molecule has 1 aromatic heterocycles. The molecule has 0 atom stereocenters. The minimum Gasteiger partial charge on any atom is -0.489 e. The SMILES string of the molecule is CCc1nc2ccc(Br)cc2c(=O)n1N=Cc1cc(Cl)c(OC)c([N+](=O)[O-])c1. The van der Waals surface area contributed by atoms with Crippen LogP contribution in [0.25, 0.3) is 10.9 Å². The Morgan fingerprint density at radius 3 is 2.79 bits per heavy atom. The Balaban J connectivity index is 2.15. The molecule has 0 fully saturated rings. The lowest BCUT2D eigenvalue weighted by atomic mass is 10.2. The Morgan fingerprint density at radius 1 is 1.39 bits per heavy atom. The number of halogens is 2. The van der Waals surface area contributed by atoms with Gasteiger partial charge in [-0.05, 0) is 24.3 Å². The molecule has 0 radical (unpaired) electrons. The smallest absolute Gasteiger partial charge is 0.313 e. The third kappa shape index (κ3) is 3.76. The molecular formula is C18H14BrClN4O4. The molecule has 0 unspecified atom stereocenters. The number of aryl methyl sites for hydroxylation is 1. The van der Waals surface area contributed by atoms with Crippen LogP contribution in [0.2, 0.25) is 5.02 Å². The van der Waals surface area contributed by atoms with Gasteiger partial charge in [0.2, 0.25) is 5.75 Å². The standard InChI is InChI=1S/C18H14BrClN4O4/c1-3-16-22-14-5-4-11(19)8-12(14)18(25)23(16)21-9-10-6-13(20)17(28-2)15(7-10)24(26)27/h4-9H,3H2,1-2H3. The van der Waals surface area contributed by atoms with Gasteiger partial charge in [-0.3, -0.25) is 14.9 Å². The summed E-state index contributed by atoms with van der Waals surface area (Å²) >= 11 is 9.41. The zero-order valence-electron chi connectivity index (χ0n) is 14.8. The largest absolute Gasteiger partial charge is 0.489 e.